The molecular formula is C19H22F2N4O3S. The molecule has 0 saturated carbocycles. The van der Waals surface area contributed by atoms with Gasteiger partial charge in [0.25, 0.3) is 0 Å². The zero-order valence-electron chi connectivity index (χ0n) is 16.3. The van der Waals surface area contributed by atoms with Crippen LogP contribution in [0.3, 0.4) is 0 Å². The number of aromatic nitrogens is 1. The molecule has 29 heavy (non-hydrogen) atoms. The van der Waals surface area contributed by atoms with Crippen molar-refractivity contribution in [3.8, 4) is 0 Å². The topological polar surface area (TPSA) is 97.6 Å². The maximum atomic E-state index is 13.9. The normalized spacial score (nSPS) is 16.7. The van der Waals surface area contributed by atoms with E-state index in [2.05, 4.69) is 10.3 Å². The van der Waals surface area contributed by atoms with Crippen LogP contribution >= 0.6 is 11.3 Å². The van der Waals surface area contributed by atoms with Crippen molar-refractivity contribution in [1.29, 1.82) is 0 Å². The molecule has 1 amide bonds. The zero-order valence-corrected chi connectivity index (χ0v) is 17.1. The largest absolute Gasteiger partial charge is 0.444 e. The minimum atomic E-state index is -0.968. The maximum Gasteiger partial charge on any atom is 0.411 e. The Balaban J connectivity index is 1.78. The van der Waals surface area contributed by atoms with E-state index in [1.54, 1.807) is 25.7 Å². The number of benzene rings is 1. The van der Waals surface area contributed by atoms with Crippen molar-refractivity contribution in [3.63, 3.8) is 0 Å². The number of amides is 1. The van der Waals surface area contributed by atoms with Crippen LogP contribution in [0.15, 0.2) is 18.2 Å². The maximum absolute atomic E-state index is 13.9. The van der Waals surface area contributed by atoms with Gasteiger partial charge in [-0.3, -0.25) is 9.69 Å². The first-order chi connectivity index (χ1) is 13.6. The summed E-state index contributed by atoms with van der Waals surface area (Å²) in [6.07, 6.45) is 0.582. The van der Waals surface area contributed by atoms with Gasteiger partial charge >= 0.3 is 6.09 Å². The predicted octanol–water partition coefficient (Wildman–Crippen LogP) is 4.00. The number of carbonyl (C=O) groups is 2. The highest BCUT2D eigenvalue weighted by Gasteiger charge is 2.33. The molecule has 10 heteroatoms. The highest BCUT2D eigenvalue weighted by molar-refractivity contribution is 7.18. The van der Waals surface area contributed by atoms with Gasteiger partial charge in [-0.15, -0.1) is 0 Å². The fraction of sp³-hybridized carbons (Fsp3) is 0.421. The van der Waals surface area contributed by atoms with Gasteiger partial charge in [0.2, 0.25) is 5.78 Å². The number of halogens is 2. The van der Waals surface area contributed by atoms with Crippen molar-refractivity contribution in [2.24, 2.45) is 0 Å². The van der Waals surface area contributed by atoms with Gasteiger partial charge in [0.1, 0.15) is 34.1 Å². The van der Waals surface area contributed by atoms with E-state index in [1.165, 1.54) is 6.07 Å². The van der Waals surface area contributed by atoms with E-state index >= 15 is 0 Å². The second-order valence-corrected chi connectivity index (χ2v) is 8.63. The third kappa shape index (κ3) is 4.64. The second kappa shape index (κ2) is 7.94. The molecule has 3 N–H and O–H groups in total. The number of likely N-dealkylation sites (tertiary alicyclic amines) is 1. The molecule has 0 radical (unpaired) electrons. The van der Waals surface area contributed by atoms with E-state index in [1.807, 2.05) is 0 Å². The van der Waals surface area contributed by atoms with Gasteiger partial charge in [0.05, 0.1) is 5.56 Å². The lowest BCUT2D eigenvalue weighted by Crippen LogP contribution is -2.43. The van der Waals surface area contributed by atoms with Crippen LogP contribution in [0.25, 0.3) is 0 Å². The van der Waals surface area contributed by atoms with Crippen LogP contribution in [0.5, 0.6) is 0 Å². The van der Waals surface area contributed by atoms with E-state index in [9.17, 15) is 18.4 Å². The third-order valence-corrected chi connectivity index (χ3v) is 5.22. The number of ether oxygens (including phenoxy) is 1. The third-order valence-electron chi connectivity index (χ3n) is 4.22. The molecule has 1 fully saturated rings. The number of ketones is 1. The molecule has 3 rings (SSSR count). The molecule has 1 aromatic carbocycles. The minimum Gasteiger partial charge on any atom is -0.444 e. The quantitative estimate of drug-likeness (QED) is 0.720. The van der Waals surface area contributed by atoms with Gasteiger partial charge < -0.3 is 15.8 Å². The van der Waals surface area contributed by atoms with Crippen LogP contribution in [0.4, 0.5) is 24.5 Å². The van der Waals surface area contributed by atoms with Gasteiger partial charge in [-0.05, 0) is 45.7 Å². The zero-order chi connectivity index (χ0) is 21.3. The number of carbonyl (C=O) groups excluding carboxylic acids is 2. The number of rotatable bonds is 4. The summed E-state index contributed by atoms with van der Waals surface area (Å²) in [7, 11) is 0. The number of thiazole rings is 1. The van der Waals surface area contributed by atoms with Crippen molar-refractivity contribution in [2.45, 2.75) is 45.4 Å². The Bertz CT molecular complexity index is 922. The molecule has 1 aliphatic rings. The summed E-state index contributed by atoms with van der Waals surface area (Å²) < 4.78 is 33.3. The summed E-state index contributed by atoms with van der Waals surface area (Å²) in [5, 5.41) is 3.35. The van der Waals surface area contributed by atoms with Crippen molar-refractivity contribution in [3.05, 3.63) is 40.3 Å². The summed E-state index contributed by atoms with van der Waals surface area (Å²) in [5.74, 6) is -2.94. The smallest absolute Gasteiger partial charge is 0.411 e. The lowest BCUT2D eigenvalue weighted by atomic mass is 10.1. The van der Waals surface area contributed by atoms with Gasteiger partial charge in [-0.1, -0.05) is 17.4 Å². The van der Waals surface area contributed by atoms with Crippen molar-refractivity contribution >= 4 is 34.2 Å². The molecule has 1 aromatic heterocycles. The number of anilines is 2. The fourth-order valence-electron chi connectivity index (χ4n) is 2.98. The lowest BCUT2D eigenvalue weighted by molar-refractivity contribution is 0.0244. The van der Waals surface area contributed by atoms with Crippen molar-refractivity contribution in [1.82, 2.24) is 9.88 Å². The molecule has 2 heterocycles. The Hall–Kier alpha value is -2.75. The van der Waals surface area contributed by atoms with Crippen LogP contribution in [-0.2, 0) is 4.74 Å². The van der Waals surface area contributed by atoms with E-state index in [4.69, 9.17) is 10.5 Å². The molecule has 1 atom stereocenters. The first-order valence-electron chi connectivity index (χ1n) is 9.08. The van der Waals surface area contributed by atoms with E-state index < -0.39 is 34.7 Å². The van der Waals surface area contributed by atoms with Crippen LogP contribution in [0, 0.1) is 11.6 Å². The van der Waals surface area contributed by atoms with E-state index in [0.29, 0.717) is 13.0 Å². The molecule has 7 nitrogen and oxygen atoms in total. The number of hydrogen-bond acceptors (Lipinski definition) is 7. The van der Waals surface area contributed by atoms with Gasteiger partial charge in [-0.25, -0.2) is 18.6 Å². The molecule has 1 saturated heterocycles. The Morgan fingerprint density at radius 3 is 2.59 bits per heavy atom. The second-order valence-electron chi connectivity index (χ2n) is 7.64. The summed E-state index contributed by atoms with van der Waals surface area (Å²) in [5.41, 5.74) is 4.52. The highest BCUT2D eigenvalue weighted by Crippen LogP contribution is 2.31. The van der Waals surface area contributed by atoms with Crippen LogP contribution in [-0.4, -0.2) is 40.1 Å². The SMILES string of the molecule is CC(C)(C)OC(=O)N1CCCC1Nc1nc(N)c(C(=O)c2c(F)cccc2F)s1. The molecule has 0 spiro atoms. The molecule has 1 aliphatic heterocycles. The Morgan fingerprint density at radius 2 is 1.97 bits per heavy atom. The van der Waals surface area contributed by atoms with E-state index in [0.717, 1.165) is 29.9 Å². The Kier molecular flexibility index (Phi) is 5.74. The van der Waals surface area contributed by atoms with E-state index in [-0.39, 0.29) is 22.0 Å². The summed E-state index contributed by atoms with van der Waals surface area (Å²) in [6.45, 7) is 5.86. The monoisotopic (exact) mass is 424 g/mol. The molecule has 0 bridgehead atoms. The van der Waals surface area contributed by atoms with Gasteiger partial charge in [0, 0.05) is 6.54 Å². The lowest BCUT2D eigenvalue weighted by Gasteiger charge is -2.28. The fourth-order valence-corrected chi connectivity index (χ4v) is 3.86. The standard InChI is InChI=1S/C19H22F2N4O3S/c1-19(2,3)28-18(27)25-9-5-8-12(25)23-17-24-16(22)15(29-17)14(26)13-10(20)6-4-7-11(13)21/h4,6-7,12H,5,8-9,22H2,1-3H3,(H,23,24). The highest BCUT2D eigenvalue weighted by atomic mass is 32.1. The van der Waals surface area contributed by atoms with Crippen molar-refractivity contribution < 1.29 is 23.1 Å². The van der Waals surface area contributed by atoms with Crippen LogP contribution in [0.1, 0.15) is 48.8 Å². The first-order valence-corrected chi connectivity index (χ1v) is 9.89. The average Bonchev–Trinajstić information content (AvgIpc) is 3.20. The Morgan fingerprint density at radius 1 is 1.31 bits per heavy atom. The van der Waals surface area contributed by atoms with Crippen LogP contribution < -0.4 is 11.1 Å². The van der Waals surface area contributed by atoms with Gasteiger partial charge in [-0.2, -0.15) is 0 Å². The predicted molar refractivity (Wildman–Crippen MR) is 106 cm³/mol. The number of hydrogen-bond donors (Lipinski definition) is 2. The minimum absolute atomic E-state index is 0.0710. The number of nitrogen functional groups attached to an aromatic ring is 1. The Labute approximate surface area is 170 Å². The molecule has 2 aromatic rings. The summed E-state index contributed by atoms with van der Waals surface area (Å²) in [4.78, 5) is 30.5. The number of nitrogens with one attached hydrogen (secondary N) is 1. The van der Waals surface area contributed by atoms with Crippen LogP contribution in [0.2, 0.25) is 0 Å². The van der Waals surface area contributed by atoms with Gasteiger partial charge in [0.15, 0.2) is 5.13 Å². The molecule has 156 valence electrons. The molecule has 0 aliphatic carbocycles. The van der Waals surface area contributed by atoms with Crippen molar-refractivity contribution in [2.75, 3.05) is 17.6 Å². The number of nitrogens with zero attached hydrogens (tertiary/aromatic N) is 2. The summed E-state index contributed by atoms with van der Waals surface area (Å²) in [6, 6.07) is 3.18. The first kappa shape index (κ1) is 21.0. The average molecular weight is 424 g/mol. The molecular weight excluding hydrogens is 402 g/mol. The number of nitrogens with two attached hydrogens (primary N) is 1. The molecule has 1 unspecified atom stereocenters. The summed E-state index contributed by atoms with van der Waals surface area (Å²) >= 11 is 0.885.